The molecule has 0 atom stereocenters. The molecule has 9 nitrogen and oxygen atoms in total. The van der Waals surface area contributed by atoms with Crippen molar-refractivity contribution >= 4 is 55.5 Å². The van der Waals surface area contributed by atoms with Gasteiger partial charge in [0.15, 0.2) is 6.61 Å². The summed E-state index contributed by atoms with van der Waals surface area (Å²) in [6, 6.07) is 12.4. The lowest BCUT2D eigenvalue weighted by atomic mass is 10.1. The Balaban J connectivity index is 1.48. The van der Waals surface area contributed by atoms with Gasteiger partial charge >= 0.3 is 5.97 Å². The van der Waals surface area contributed by atoms with Crippen molar-refractivity contribution in [2.45, 2.75) is 37.0 Å². The molecule has 39 heavy (non-hydrogen) atoms. The summed E-state index contributed by atoms with van der Waals surface area (Å²) in [4.78, 5) is 26.3. The van der Waals surface area contributed by atoms with Crippen LogP contribution in [0.25, 0.3) is 0 Å². The van der Waals surface area contributed by atoms with E-state index in [2.05, 4.69) is 11.4 Å². The summed E-state index contributed by atoms with van der Waals surface area (Å²) in [6.45, 7) is -0.638. The highest BCUT2D eigenvalue weighted by Crippen LogP contribution is 2.37. The van der Waals surface area contributed by atoms with Crippen LogP contribution in [0.4, 0.5) is 10.7 Å². The number of hydrogen-bond acceptors (Lipinski definition) is 8. The molecule has 1 aromatic heterocycles. The number of carbonyl (C=O) groups excluding carboxylic acids is 2. The van der Waals surface area contributed by atoms with Gasteiger partial charge in [-0.15, -0.1) is 11.3 Å². The van der Waals surface area contributed by atoms with Crippen molar-refractivity contribution in [3.05, 3.63) is 69.1 Å². The number of methoxy groups -OCH3 is 1. The van der Waals surface area contributed by atoms with Gasteiger partial charge in [-0.25, -0.2) is 13.2 Å². The number of esters is 1. The zero-order chi connectivity index (χ0) is 28.2. The van der Waals surface area contributed by atoms with Gasteiger partial charge in [-0.2, -0.15) is 5.26 Å². The SMILES string of the molecule is COc1ccccc1N(C)S(=O)(=O)c1ccc(Cl)c(C(=O)OCC(=O)Nc2sc3c(c2C#N)CCCCC3)c1. The van der Waals surface area contributed by atoms with Gasteiger partial charge in [-0.1, -0.05) is 30.2 Å². The van der Waals surface area contributed by atoms with E-state index in [1.165, 1.54) is 37.6 Å². The molecule has 0 saturated carbocycles. The first-order chi connectivity index (χ1) is 18.7. The molecule has 1 N–H and O–H groups in total. The zero-order valence-corrected chi connectivity index (χ0v) is 23.7. The molecule has 0 radical (unpaired) electrons. The van der Waals surface area contributed by atoms with Crippen LogP contribution in [-0.4, -0.2) is 41.1 Å². The lowest BCUT2D eigenvalue weighted by Gasteiger charge is -2.22. The van der Waals surface area contributed by atoms with E-state index in [1.54, 1.807) is 24.3 Å². The van der Waals surface area contributed by atoms with Crippen LogP contribution in [0.5, 0.6) is 5.75 Å². The third-order valence-electron chi connectivity index (χ3n) is 6.36. The highest BCUT2D eigenvalue weighted by atomic mass is 35.5. The van der Waals surface area contributed by atoms with Crippen LogP contribution < -0.4 is 14.4 Å². The molecule has 1 heterocycles. The van der Waals surface area contributed by atoms with Gasteiger partial charge in [-0.05, 0) is 61.6 Å². The van der Waals surface area contributed by atoms with E-state index in [0.717, 1.165) is 52.9 Å². The topological polar surface area (TPSA) is 126 Å². The number of carbonyl (C=O) groups is 2. The van der Waals surface area contributed by atoms with Crippen LogP contribution in [0.1, 0.15) is 45.6 Å². The molecule has 12 heteroatoms. The fourth-order valence-corrected chi connectivity index (χ4v) is 7.00. The zero-order valence-electron chi connectivity index (χ0n) is 21.3. The summed E-state index contributed by atoms with van der Waals surface area (Å²) in [7, 11) is -1.31. The average Bonchev–Trinajstić information content (AvgIpc) is 3.09. The lowest BCUT2D eigenvalue weighted by Crippen LogP contribution is -2.27. The first-order valence-corrected chi connectivity index (χ1v) is 14.7. The van der Waals surface area contributed by atoms with E-state index in [9.17, 15) is 23.3 Å². The fraction of sp³-hybridized carbons (Fsp3) is 0.296. The Bertz CT molecular complexity index is 1560. The molecule has 204 valence electrons. The van der Waals surface area contributed by atoms with Gasteiger partial charge in [0.05, 0.1) is 33.8 Å². The average molecular weight is 588 g/mol. The smallest absolute Gasteiger partial charge is 0.340 e. The number of anilines is 2. The summed E-state index contributed by atoms with van der Waals surface area (Å²) in [6.07, 6.45) is 4.79. The second-order valence-corrected chi connectivity index (χ2v) is 12.3. The minimum Gasteiger partial charge on any atom is -0.495 e. The van der Waals surface area contributed by atoms with E-state index >= 15 is 0 Å². The predicted octanol–water partition coefficient (Wildman–Crippen LogP) is 5.17. The molecule has 2 aromatic carbocycles. The fourth-order valence-electron chi connectivity index (χ4n) is 4.32. The van der Waals surface area contributed by atoms with Crippen molar-refractivity contribution in [2.75, 3.05) is 30.4 Å². The molecule has 4 rings (SSSR count). The van der Waals surface area contributed by atoms with Gasteiger partial charge in [-0.3, -0.25) is 9.10 Å². The number of nitrogens with zero attached hydrogens (tertiary/aromatic N) is 2. The standard InChI is InChI=1S/C27H26ClN3O6S2/c1-31(22-9-6-7-10-23(22)36-2)39(34,35)17-12-13-21(28)19(14-17)27(33)37-16-25(32)30-26-20(15-29)18-8-4-3-5-11-24(18)38-26/h6-7,9-10,12-14H,3-5,8,11,16H2,1-2H3,(H,30,32). The quantitative estimate of drug-likeness (QED) is 0.284. The minimum atomic E-state index is -4.10. The number of amides is 1. The Morgan fingerprint density at radius 2 is 1.90 bits per heavy atom. The maximum absolute atomic E-state index is 13.3. The molecule has 0 aliphatic heterocycles. The number of thiophene rings is 1. The molecule has 0 saturated heterocycles. The third kappa shape index (κ3) is 6.03. The summed E-state index contributed by atoms with van der Waals surface area (Å²) < 4.78 is 38.1. The minimum absolute atomic E-state index is 0.0342. The molecule has 1 aliphatic rings. The van der Waals surface area contributed by atoms with Crippen LogP contribution in [0.2, 0.25) is 5.02 Å². The van der Waals surface area contributed by atoms with Crippen LogP contribution in [0, 0.1) is 11.3 Å². The molecular formula is C27H26ClN3O6S2. The highest BCUT2D eigenvalue weighted by molar-refractivity contribution is 7.92. The highest BCUT2D eigenvalue weighted by Gasteiger charge is 2.27. The number of hydrogen-bond donors (Lipinski definition) is 1. The Kier molecular flexibility index (Phi) is 8.80. The van der Waals surface area contributed by atoms with Crippen molar-refractivity contribution in [1.82, 2.24) is 0 Å². The Morgan fingerprint density at radius 3 is 2.64 bits per heavy atom. The number of aryl methyl sites for hydroxylation is 1. The number of halogens is 1. The Labute approximate surface area is 236 Å². The van der Waals surface area contributed by atoms with Crippen molar-refractivity contribution in [1.29, 1.82) is 5.26 Å². The van der Waals surface area contributed by atoms with Crippen molar-refractivity contribution in [3.63, 3.8) is 0 Å². The Morgan fingerprint density at radius 1 is 1.15 bits per heavy atom. The maximum atomic E-state index is 13.3. The van der Waals surface area contributed by atoms with E-state index in [4.69, 9.17) is 21.1 Å². The number of para-hydroxylation sites is 2. The summed E-state index contributed by atoms with van der Waals surface area (Å²) in [5.41, 5.74) is 1.53. The predicted molar refractivity (Wildman–Crippen MR) is 149 cm³/mol. The molecule has 1 aliphatic carbocycles. The number of benzene rings is 2. The van der Waals surface area contributed by atoms with Crippen molar-refractivity contribution in [3.8, 4) is 11.8 Å². The molecule has 1 amide bonds. The molecule has 3 aromatic rings. The van der Waals surface area contributed by atoms with Crippen LogP contribution in [0.3, 0.4) is 0 Å². The van der Waals surface area contributed by atoms with Crippen LogP contribution in [-0.2, 0) is 32.4 Å². The van der Waals surface area contributed by atoms with E-state index < -0.39 is 28.5 Å². The lowest BCUT2D eigenvalue weighted by molar-refractivity contribution is -0.119. The number of nitrogens with one attached hydrogen (secondary N) is 1. The van der Waals surface area contributed by atoms with Gasteiger partial charge in [0, 0.05) is 11.9 Å². The first kappa shape index (κ1) is 28.4. The molecule has 0 unspecified atom stereocenters. The summed E-state index contributed by atoms with van der Waals surface area (Å²) in [5, 5.41) is 12.7. The van der Waals surface area contributed by atoms with Gasteiger partial charge in [0.1, 0.15) is 16.8 Å². The van der Waals surface area contributed by atoms with Gasteiger partial charge in [0.25, 0.3) is 15.9 Å². The van der Waals surface area contributed by atoms with Crippen LogP contribution >= 0.6 is 22.9 Å². The molecule has 0 bridgehead atoms. The van der Waals surface area contributed by atoms with Gasteiger partial charge < -0.3 is 14.8 Å². The molecule has 0 fully saturated rings. The summed E-state index contributed by atoms with van der Waals surface area (Å²) in [5.74, 6) is -1.23. The van der Waals surface area contributed by atoms with Crippen molar-refractivity contribution in [2.24, 2.45) is 0 Å². The first-order valence-electron chi connectivity index (χ1n) is 12.1. The largest absolute Gasteiger partial charge is 0.495 e. The normalized spacial score (nSPS) is 13.0. The number of ether oxygens (including phenoxy) is 2. The Hall–Kier alpha value is -3.59. The van der Waals surface area contributed by atoms with E-state index in [0.29, 0.717) is 22.0 Å². The van der Waals surface area contributed by atoms with E-state index in [-0.39, 0.29) is 15.5 Å². The monoisotopic (exact) mass is 587 g/mol. The number of rotatable bonds is 8. The summed E-state index contributed by atoms with van der Waals surface area (Å²) >= 11 is 7.55. The van der Waals surface area contributed by atoms with Crippen molar-refractivity contribution < 1.29 is 27.5 Å². The van der Waals surface area contributed by atoms with Crippen LogP contribution in [0.15, 0.2) is 47.4 Å². The third-order valence-corrected chi connectivity index (χ3v) is 9.67. The van der Waals surface area contributed by atoms with E-state index in [1.807, 2.05) is 0 Å². The number of sulfonamides is 1. The number of nitriles is 1. The second-order valence-electron chi connectivity index (χ2n) is 8.79. The maximum Gasteiger partial charge on any atom is 0.340 e. The second kappa shape index (κ2) is 12.1. The number of fused-ring (bicyclic) bond motifs is 1. The van der Waals surface area contributed by atoms with Gasteiger partial charge in [0.2, 0.25) is 0 Å². The molecule has 0 spiro atoms. The molecular weight excluding hydrogens is 562 g/mol.